The molecule has 1 saturated heterocycles. The summed E-state index contributed by atoms with van der Waals surface area (Å²) >= 11 is 3.03. The molecule has 0 radical (unpaired) electrons. The van der Waals surface area contributed by atoms with E-state index in [1.165, 1.54) is 21.8 Å². The first-order valence-corrected chi connectivity index (χ1v) is 12.7. The molecule has 0 saturated carbocycles. The predicted molar refractivity (Wildman–Crippen MR) is 128 cm³/mol. The Bertz CT molecular complexity index is 1080. The first-order chi connectivity index (χ1) is 15.7. The zero-order valence-electron chi connectivity index (χ0n) is 17.8. The van der Waals surface area contributed by atoms with Crippen molar-refractivity contribution in [3.63, 3.8) is 0 Å². The van der Waals surface area contributed by atoms with Crippen LogP contribution in [0.5, 0.6) is 0 Å². The molecule has 1 aromatic carbocycles. The van der Waals surface area contributed by atoms with E-state index in [1.807, 2.05) is 28.5 Å². The van der Waals surface area contributed by atoms with Crippen LogP contribution in [0.4, 0.5) is 5.13 Å². The smallest absolute Gasteiger partial charge is 0.263 e. The van der Waals surface area contributed by atoms with Crippen LogP contribution >= 0.6 is 22.7 Å². The van der Waals surface area contributed by atoms with Gasteiger partial charge in [0.15, 0.2) is 5.13 Å². The second kappa shape index (κ2) is 9.52. The molecule has 1 atom stereocenters. The van der Waals surface area contributed by atoms with Crippen LogP contribution in [0.25, 0.3) is 0 Å². The number of thiazole rings is 1. The quantitative estimate of drug-likeness (QED) is 0.610. The number of benzene rings is 1. The Morgan fingerprint density at radius 1 is 1.12 bits per heavy atom. The standard InChI is InChI=1S/C24H26N4O2S2/c29-22(18-8-4-11-28(15-18)23(30)20-9-5-13-31-20)26-24-25-19-10-12-27(16-21(19)32-24)14-17-6-2-1-3-7-17/h1-3,5-7,9,13,18H,4,8,10-12,14-16H2,(H,25,26,29). The van der Waals surface area contributed by atoms with Crippen molar-refractivity contribution in [3.8, 4) is 0 Å². The van der Waals surface area contributed by atoms with E-state index in [-0.39, 0.29) is 17.7 Å². The van der Waals surface area contributed by atoms with E-state index in [0.29, 0.717) is 18.2 Å². The molecule has 2 aliphatic heterocycles. The highest BCUT2D eigenvalue weighted by atomic mass is 32.1. The number of nitrogens with one attached hydrogen (secondary N) is 1. The van der Waals surface area contributed by atoms with Gasteiger partial charge in [-0.1, -0.05) is 36.4 Å². The third-order valence-corrected chi connectivity index (χ3v) is 7.96. The number of carbonyl (C=O) groups is 2. The number of hydrogen-bond donors (Lipinski definition) is 1. The molecule has 166 valence electrons. The monoisotopic (exact) mass is 466 g/mol. The highest BCUT2D eigenvalue weighted by Crippen LogP contribution is 2.30. The largest absolute Gasteiger partial charge is 0.337 e. The number of amides is 2. The average Bonchev–Trinajstić information content (AvgIpc) is 3.49. The Labute approximate surface area is 195 Å². The van der Waals surface area contributed by atoms with Gasteiger partial charge in [-0.25, -0.2) is 4.98 Å². The molecule has 6 nitrogen and oxygen atoms in total. The molecule has 1 fully saturated rings. The van der Waals surface area contributed by atoms with E-state index >= 15 is 0 Å². The maximum Gasteiger partial charge on any atom is 0.263 e. The summed E-state index contributed by atoms with van der Waals surface area (Å²) in [6.07, 6.45) is 2.55. The molecule has 5 rings (SSSR count). The van der Waals surface area contributed by atoms with Crippen LogP contribution in [0.15, 0.2) is 47.8 Å². The normalized spacial score (nSPS) is 18.9. The number of nitrogens with zero attached hydrogens (tertiary/aromatic N) is 3. The van der Waals surface area contributed by atoms with Crippen LogP contribution in [-0.2, 0) is 24.3 Å². The van der Waals surface area contributed by atoms with Crippen molar-refractivity contribution in [1.29, 1.82) is 0 Å². The Kier molecular flexibility index (Phi) is 6.34. The van der Waals surface area contributed by atoms with Crippen LogP contribution in [0.3, 0.4) is 0 Å². The highest BCUT2D eigenvalue weighted by Gasteiger charge is 2.30. The SMILES string of the molecule is O=C(Nc1nc2c(s1)CN(Cc1ccccc1)CC2)C1CCCN(C(=O)c2cccs2)C1. The fourth-order valence-corrected chi connectivity index (χ4v) is 6.16. The maximum atomic E-state index is 13.0. The summed E-state index contributed by atoms with van der Waals surface area (Å²) in [7, 11) is 0. The molecule has 8 heteroatoms. The van der Waals surface area contributed by atoms with Crippen LogP contribution in [0, 0.1) is 5.92 Å². The van der Waals surface area contributed by atoms with Gasteiger partial charge in [0.25, 0.3) is 5.91 Å². The lowest BCUT2D eigenvalue weighted by molar-refractivity contribution is -0.121. The number of aromatic nitrogens is 1. The molecule has 4 heterocycles. The highest BCUT2D eigenvalue weighted by molar-refractivity contribution is 7.15. The summed E-state index contributed by atoms with van der Waals surface area (Å²) in [5.74, 6) is -0.190. The molecule has 0 spiro atoms. The molecule has 32 heavy (non-hydrogen) atoms. The minimum Gasteiger partial charge on any atom is -0.337 e. The Hall–Kier alpha value is -2.55. The first-order valence-electron chi connectivity index (χ1n) is 11.0. The van der Waals surface area contributed by atoms with E-state index in [2.05, 4.69) is 34.5 Å². The molecule has 2 aliphatic rings. The predicted octanol–water partition coefficient (Wildman–Crippen LogP) is 4.25. The number of carbonyl (C=O) groups excluding carboxylic acids is 2. The van der Waals surface area contributed by atoms with Crippen LogP contribution in [-0.4, -0.2) is 46.2 Å². The minimum absolute atomic E-state index is 0.0269. The number of anilines is 1. The van der Waals surface area contributed by atoms with Crippen molar-refractivity contribution in [3.05, 3.63) is 68.9 Å². The third-order valence-electron chi connectivity index (χ3n) is 6.10. The lowest BCUT2D eigenvalue weighted by Gasteiger charge is -2.31. The number of hydrogen-bond acceptors (Lipinski definition) is 6. The van der Waals surface area contributed by atoms with Crippen molar-refractivity contribution in [2.75, 3.05) is 25.0 Å². The second-order valence-corrected chi connectivity index (χ2v) is 10.4. The van der Waals surface area contributed by atoms with E-state index in [9.17, 15) is 9.59 Å². The summed E-state index contributed by atoms with van der Waals surface area (Å²) in [6.45, 7) is 3.95. The van der Waals surface area contributed by atoms with E-state index in [1.54, 1.807) is 11.3 Å². The summed E-state index contributed by atoms with van der Waals surface area (Å²) in [5.41, 5.74) is 2.42. The van der Waals surface area contributed by atoms with Crippen molar-refractivity contribution >= 4 is 39.6 Å². The molecule has 0 aliphatic carbocycles. The fraction of sp³-hybridized carbons (Fsp3) is 0.375. The molecular formula is C24H26N4O2S2. The summed E-state index contributed by atoms with van der Waals surface area (Å²) in [5, 5.41) is 5.64. The maximum absolute atomic E-state index is 13.0. The van der Waals surface area contributed by atoms with Gasteiger partial charge in [-0.05, 0) is 29.9 Å². The summed E-state index contributed by atoms with van der Waals surface area (Å²) in [6, 6.07) is 14.2. The molecular weight excluding hydrogens is 440 g/mol. The van der Waals surface area contributed by atoms with Crippen molar-refractivity contribution in [1.82, 2.24) is 14.8 Å². The number of thiophene rings is 1. The van der Waals surface area contributed by atoms with Crippen molar-refractivity contribution in [2.24, 2.45) is 5.92 Å². The second-order valence-electron chi connectivity index (χ2n) is 8.39. The first kappa shape index (κ1) is 21.3. The molecule has 0 bridgehead atoms. The van der Waals surface area contributed by atoms with Gasteiger partial charge in [-0.3, -0.25) is 14.5 Å². The van der Waals surface area contributed by atoms with Gasteiger partial charge in [0, 0.05) is 44.0 Å². The van der Waals surface area contributed by atoms with Crippen LogP contribution < -0.4 is 5.32 Å². The Morgan fingerprint density at radius 3 is 2.81 bits per heavy atom. The van der Waals surface area contributed by atoms with Crippen LogP contribution in [0.2, 0.25) is 0 Å². The minimum atomic E-state index is -0.192. The molecule has 1 unspecified atom stereocenters. The third kappa shape index (κ3) is 4.77. The summed E-state index contributed by atoms with van der Waals surface area (Å²) in [4.78, 5) is 36.5. The van der Waals surface area contributed by atoms with Gasteiger partial charge in [-0.15, -0.1) is 22.7 Å². The van der Waals surface area contributed by atoms with E-state index in [0.717, 1.165) is 49.5 Å². The summed E-state index contributed by atoms with van der Waals surface area (Å²) < 4.78 is 0. The molecule has 2 aromatic heterocycles. The number of fused-ring (bicyclic) bond motifs is 1. The lowest BCUT2D eigenvalue weighted by Crippen LogP contribution is -2.43. The zero-order chi connectivity index (χ0) is 21.9. The fourth-order valence-electron chi connectivity index (χ4n) is 4.42. The van der Waals surface area contributed by atoms with Gasteiger partial charge in [0.2, 0.25) is 5.91 Å². The number of piperidine rings is 1. The molecule has 1 N–H and O–H groups in total. The van der Waals surface area contributed by atoms with Gasteiger partial charge in [0.1, 0.15) is 0 Å². The number of rotatable bonds is 5. The Balaban J connectivity index is 1.19. The van der Waals surface area contributed by atoms with Gasteiger partial charge >= 0.3 is 0 Å². The van der Waals surface area contributed by atoms with Gasteiger partial charge in [-0.2, -0.15) is 0 Å². The lowest BCUT2D eigenvalue weighted by atomic mass is 9.97. The van der Waals surface area contributed by atoms with Crippen molar-refractivity contribution in [2.45, 2.75) is 32.4 Å². The average molecular weight is 467 g/mol. The van der Waals surface area contributed by atoms with Gasteiger partial charge in [0.05, 0.1) is 16.5 Å². The van der Waals surface area contributed by atoms with E-state index in [4.69, 9.17) is 4.98 Å². The molecule has 2 amide bonds. The Morgan fingerprint density at radius 2 is 2.00 bits per heavy atom. The van der Waals surface area contributed by atoms with Crippen molar-refractivity contribution < 1.29 is 9.59 Å². The van der Waals surface area contributed by atoms with E-state index < -0.39 is 0 Å². The number of likely N-dealkylation sites (tertiary alicyclic amines) is 1. The molecule has 3 aromatic rings. The topological polar surface area (TPSA) is 65.5 Å². The van der Waals surface area contributed by atoms with Gasteiger partial charge < -0.3 is 10.2 Å². The zero-order valence-corrected chi connectivity index (χ0v) is 19.5. The van der Waals surface area contributed by atoms with Crippen LogP contribution in [0.1, 0.15) is 38.6 Å².